The van der Waals surface area contributed by atoms with Crippen molar-refractivity contribution in [3.05, 3.63) is 0 Å². The van der Waals surface area contributed by atoms with Crippen LogP contribution in [0.1, 0.15) is 47.0 Å². The first-order chi connectivity index (χ1) is 6.93. The van der Waals surface area contributed by atoms with Crippen molar-refractivity contribution in [2.45, 2.75) is 47.0 Å². The van der Waals surface area contributed by atoms with Crippen LogP contribution in [0.15, 0.2) is 0 Å². The SMILES string of the molecule is CC1CCC(C(=O)O)C(C(C)C(C)C)C1. The molecule has 2 nitrogen and oxygen atoms in total. The molecule has 1 fully saturated rings. The summed E-state index contributed by atoms with van der Waals surface area (Å²) in [5.74, 6) is 1.51. The fourth-order valence-corrected chi connectivity index (χ4v) is 2.81. The molecular weight excluding hydrogens is 188 g/mol. The van der Waals surface area contributed by atoms with E-state index in [9.17, 15) is 9.90 Å². The average molecular weight is 212 g/mol. The smallest absolute Gasteiger partial charge is 0.306 e. The molecular formula is C13H24O2. The van der Waals surface area contributed by atoms with Gasteiger partial charge in [0.1, 0.15) is 0 Å². The monoisotopic (exact) mass is 212 g/mol. The summed E-state index contributed by atoms with van der Waals surface area (Å²) in [4.78, 5) is 11.2. The molecule has 1 N–H and O–H groups in total. The summed E-state index contributed by atoms with van der Waals surface area (Å²) < 4.78 is 0. The van der Waals surface area contributed by atoms with Crippen molar-refractivity contribution in [2.24, 2.45) is 29.6 Å². The van der Waals surface area contributed by atoms with E-state index in [0.29, 0.717) is 23.7 Å². The van der Waals surface area contributed by atoms with Gasteiger partial charge in [0.2, 0.25) is 0 Å². The predicted octanol–water partition coefficient (Wildman–Crippen LogP) is 3.42. The maximum absolute atomic E-state index is 11.2. The van der Waals surface area contributed by atoms with Crippen molar-refractivity contribution >= 4 is 5.97 Å². The number of carbonyl (C=O) groups is 1. The fraction of sp³-hybridized carbons (Fsp3) is 0.923. The highest BCUT2D eigenvalue weighted by atomic mass is 16.4. The maximum atomic E-state index is 11.2. The Morgan fingerprint density at radius 3 is 2.33 bits per heavy atom. The van der Waals surface area contributed by atoms with E-state index in [1.54, 1.807) is 0 Å². The van der Waals surface area contributed by atoms with Gasteiger partial charge in [-0.3, -0.25) is 4.79 Å². The minimum atomic E-state index is -0.584. The molecule has 0 heterocycles. The first-order valence-electron chi connectivity index (χ1n) is 6.16. The number of carboxylic acids is 1. The fourth-order valence-electron chi connectivity index (χ4n) is 2.81. The normalized spacial score (nSPS) is 34.1. The Bertz CT molecular complexity index is 223. The van der Waals surface area contributed by atoms with Crippen LogP contribution in [-0.2, 0) is 4.79 Å². The quantitative estimate of drug-likeness (QED) is 0.778. The van der Waals surface area contributed by atoms with Crippen LogP contribution >= 0.6 is 0 Å². The number of carboxylic acid groups (broad SMARTS) is 1. The summed E-state index contributed by atoms with van der Waals surface area (Å²) in [6.07, 6.45) is 3.05. The Morgan fingerprint density at radius 1 is 1.27 bits per heavy atom. The lowest BCUT2D eigenvalue weighted by atomic mass is 9.67. The standard InChI is InChI=1S/C13H24O2/c1-8(2)10(4)12-7-9(3)5-6-11(12)13(14)15/h8-12H,5-7H2,1-4H3,(H,14,15). The number of hydrogen-bond acceptors (Lipinski definition) is 1. The minimum absolute atomic E-state index is 0.0985. The van der Waals surface area contributed by atoms with Crippen molar-refractivity contribution in [2.75, 3.05) is 0 Å². The molecule has 1 rings (SSSR count). The first kappa shape index (κ1) is 12.5. The molecule has 0 saturated heterocycles. The van der Waals surface area contributed by atoms with Crippen LogP contribution in [0.3, 0.4) is 0 Å². The van der Waals surface area contributed by atoms with Gasteiger partial charge >= 0.3 is 5.97 Å². The molecule has 2 heteroatoms. The highest BCUT2D eigenvalue weighted by Gasteiger charge is 2.37. The van der Waals surface area contributed by atoms with Crippen LogP contribution in [0.4, 0.5) is 0 Å². The number of hydrogen-bond donors (Lipinski definition) is 1. The second-order valence-electron chi connectivity index (χ2n) is 5.63. The van der Waals surface area contributed by atoms with Gasteiger partial charge in [-0.25, -0.2) is 0 Å². The zero-order valence-electron chi connectivity index (χ0n) is 10.4. The second-order valence-corrected chi connectivity index (χ2v) is 5.63. The lowest BCUT2D eigenvalue weighted by molar-refractivity contribution is -0.146. The van der Waals surface area contributed by atoms with Crippen molar-refractivity contribution in [1.29, 1.82) is 0 Å². The molecule has 0 aromatic carbocycles. The summed E-state index contributed by atoms with van der Waals surface area (Å²) in [6.45, 7) is 8.85. The third kappa shape index (κ3) is 2.96. The van der Waals surface area contributed by atoms with E-state index >= 15 is 0 Å². The summed E-state index contributed by atoms with van der Waals surface area (Å²) in [5.41, 5.74) is 0. The highest BCUT2D eigenvalue weighted by molar-refractivity contribution is 5.70. The Balaban J connectivity index is 2.74. The Morgan fingerprint density at radius 2 is 1.87 bits per heavy atom. The molecule has 1 aliphatic rings. The zero-order chi connectivity index (χ0) is 11.6. The first-order valence-corrected chi connectivity index (χ1v) is 6.16. The van der Waals surface area contributed by atoms with Crippen molar-refractivity contribution in [1.82, 2.24) is 0 Å². The predicted molar refractivity (Wildman–Crippen MR) is 61.6 cm³/mol. The van der Waals surface area contributed by atoms with Crippen LogP contribution in [0.5, 0.6) is 0 Å². The zero-order valence-corrected chi connectivity index (χ0v) is 10.4. The second kappa shape index (κ2) is 5.00. The third-order valence-corrected chi connectivity index (χ3v) is 4.21. The summed E-state index contributed by atoms with van der Waals surface area (Å²) in [6, 6.07) is 0. The van der Waals surface area contributed by atoms with E-state index in [0.717, 1.165) is 19.3 Å². The molecule has 4 atom stereocenters. The average Bonchev–Trinajstić information content (AvgIpc) is 2.15. The topological polar surface area (TPSA) is 37.3 Å². The van der Waals surface area contributed by atoms with E-state index in [2.05, 4.69) is 27.7 Å². The van der Waals surface area contributed by atoms with Crippen LogP contribution in [0.2, 0.25) is 0 Å². The summed E-state index contributed by atoms with van der Waals surface area (Å²) in [7, 11) is 0. The van der Waals surface area contributed by atoms with Crippen LogP contribution < -0.4 is 0 Å². The number of aliphatic carboxylic acids is 1. The molecule has 88 valence electrons. The Kier molecular flexibility index (Phi) is 4.18. The van der Waals surface area contributed by atoms with E-state index in [1.807, 2.05) is 0 Å². The molecule has 0 aliphatic heterocycles. The van der Waals surface area contributed by atoms with Gasteiger partial charge in [-0.1, -0.05) is 27.7 Å². The lowest BCUT2D eigenvalue weighted by Gasteiger charge is -2.37. The highest BCUT2D eigenvalue weighted by Crippen LogP contribution is 2.40. The van der Waals surface area contributed by atoms with E-state index in [1.165, 1.54) is 0 Å². The molecule has 1 aliphatic carbocycles. The van der Waals surface area contributed by atoms with Gasteiger partial charge in [0.25, 0.3) is 0 Å². The van der Waals surface area contributed by atoms with Gasteiger partial charge in [0, 0.05) is 0 Å². The van der Waals surface area contributed by atoms with Crippen LogP contribution in [-0.4, -0.2) is 11.1 Å². The molecule has 0 aromatic heterocycles. The van der Waals surface area contributed by atoms with E-state index in [4.69, 9.17) is 0 Å². The van der Waals surface area contributed by atoms with Crippen molar-refractivity contribution in [3.8, 4) is 0 Å². The maximum Gasteiger partial charge on any atom is 0.306 e. The van der Waals surface area contributed by atoms with Gasteiger partial charge in [-0.15, -0.1) is 0 Å². The Labute approximate surface area is 93.1 Å². The summed E-state index contributed by atoms with van der Waals surface area (Å²) in [5, 5.41) is 9.23. The van der Waals surface area contributed by atoms with Gasteiger partial charge in [-0.2, -0.15) is 0 Å². The Hall–Kier alpha value is -0.530. The molecule has 0 bridgehead atoms. The van der Waals surface area contributed by atoms with E-state index in [-0.39, 0.29) is 5.92 Å². The largest absolute Gasteiger partial charge is 0.481 e. The molecule has 0 aromatic rings. The van der Waals surface area contributed by atoms with E-state index < -0.39 is 5.97 Å². The molecule has 0 spiro atoms. The minimum Gasteiger partial charge on any atom is -0.481 e. The van der Waals surface area contributed by atoms with Crippen molar-refractivity contribution < 1.29 is 9.90 Å². The number of rotatable bonds is 3. The summed E-state index contributed by atoms with van der Waals surface area (Å²) >= 11 is 0. The van der Waals surface area contributed by atoms with Gasteiger partial charge in [0.15, 0.2) is 0 Å². The van der Waals surface area contributed by atoms with Gasteiger partial charge < -0.3 is 5.11 Å². The molecule has 1 saturated carbocycles. The van der Waals surface area contributed by atoms with Crippen LogP contribution in [0.25, 0.3) is 0 Å². The molecule has 15 heavy (non-hydrogen) atoms. The molecule has 0 radical (unpaired) electrons. The molecule has 4 unspecified atom stereocenters. The molecule has 0 amide bonds. The lowest BCUT2D eigenvalue weighted by Crippen LogP contribution is -2.35. The van der Waals surface area contributed by atoms with Crippen LogP contribution in [0, 0.1) is 29.6 Å². The van der Waals surface area contributed by atoms with Gasteiger partial charge in [-0.05, 0) is 42.9 Å². The van der Waals surface area contributed by atoms with Gasteiger partial charge in [0.05, 0.1) is 5.92 Å². The van der Waals surface area contributed by atoms with Crippen molar-refractivity contribution in [3.63, 3.8) is 0 Å². The third-order valence-electron chi connectivity index (χ3n) is 4.21.